The van der Waals surface area contributed by atoms with Crippen LogP contribution in [0.4, 0.5) is 4.79 Å². The van der Waals surface area contributed by atoms with E-state index in [2.05, 4.69) is 10.6 Å². The number of furan rings is 1. The summed E-state index contributed by atoms with van der Waals surface area (Å²) >= 11 is 7.40. The predicted octanol–water partition coefficient (Wildman–Crippen LogP) is 2.61. The zero-order valence-corrected chi connectivity index (χ0v) is 16.1. The number of nitrogens with one attached hydrogen (secondary N) is 2. The summed E-state index contributed by atoms with van der Waals surface area (Å²) in [7, 11) is 0. The number of imide groups is 1. The molecule has 1 atom stereocenters. The molecule has 0 radical (unpaired) electrons. The molecule has 7 nitrogen and oxygen atoms in total. The topological polar surface area (TPSA) is 91.7 Å². The minimum atomic E-state index is -1.30. The molecule has 1 saturated heterocycles. The molecule has 1 aliphatic rings. The van der Waals surface area contributed by atoms with Crippen molar-refractivity contribution >= 4 is 41.2 Å². The molecule has 0 unspecified atom stereocenters. The minimum absolute atomic E-state index is 0.322. The molecular formula is C18H18ClN3O4S. The normalized spacial score (nSPS) is 19.3. The fourth-order valence-corrected chi connectivity index (χ4v) is 3.55. The number of carbonyl (C=O) groups is 3. The fraction of sp³-hybridized carbons (Fsp3) is 0.278. The van der Waals surface area contributed by atoms with Crippen molar-refractivity contribution in [2.24, 2.45) is 0 Å². The van der Waals surface area contributed by atoms with Gasteiger partial charge >= 0.3 is 6.03 Å². The van der Waals surface area contributed by atoms with Crippen LogP contribution in [0.3, 0.4) is 0 Å². The zero-order chi connectivity index (χ0) is 19.4. The number of rotatable bonds is 7. The third-order valence-electron chi connectivity index (χ3n) is 4.10. The SMILES string of the molecule is C[C@]1(c2ccco2)NC(=O)N(CC(=O)NCCSc2ccc(Cl)cc2)C1=O. The first-order chi connectivity index (χ1) is 12.9. The number of amides is 4. The molecule has 0 spiro atoms. The van der Waals surface area contributed by atoms with Gasteiger partial charge in [0.15, 0.2) is 5.54 Å². The van der Waals surface area contributed by atoms with Gasteiger partial charge in [0.1, 0.15) is 12.3 Å². The minimum Gasteiger partial charge on any atom is -0.466 e. The molecule has 27 heavy (non-hydrogen) atoms. The number of hydrogen-bond donors (Lipinski definition) is 2. The van der Waals surface area contributed by atoms with Crippen LogP contribution in [0.1, 0.15) is 12.7 Å². The maximum absolute atomic E-state index is 12.6. The van der Waals surface area contributed by atoms with E-state index in [9.17, 15) is 14.4 Å². The Bertz CT molecular complexity index is 841. The maximum atomic E-state index is 12.6. The van der Waals surface area contributed by atoms with Gasteiger partial charge < -0.3 is 15.1 Å². The van der Waals surface area contributed by atoms with Crippen molar-refractivity contribution in [3.05, 3.63) is 53.4 Å². The number of carbonyl (C=O) groups excluding carboxylic acids is 3. The molecule has 2 N–H and O–H groups in total. The summed E-state index contributed by atoms with van der Waals surface area (Å²) < 4.78 is 5.25. The largest absolute Gasteiger partial charge is 0.466 e. The van der Waals surface area contributed by atoms with Gasteiger partial charge in [0.05, 0.1) is 6.26 Å². The van der Waals surface area contributed by atoms with Crippen molar-refractivity contribution in [3.63, 3.8) is 0 Å². The fourth-order valence-electron chi connectivity index (χ4n) is 2.66. The number of halogens is 1. The van der Waals surface area contributed by atoms with Gasteiger partial charge in [0.2, 0.25) is 5.91 Å². The van der Waals surface area contributed by atoms with Crippen LogP contribution in [0.25, 0.3) is 0 Å². The number of hydrogen-bond acceptors (Lipinski definition) is 5. The van der Waals surface area contributed by atoms with Crippen LogP contribution in [0.5, 0.6) is 0 Å². The van der Waals surface area contributed by atoms with Gasteiger partial charge in [-0.15, -0.1) is 11.8 Å². The summed E-state index contributed by atoms with van der Waals surface area (Å²) in [5.74, 6) is 0.0487. The van der Waals surface area contributed by atoms with Crippen LogP contribution in [0.2, 0.25) is 5.02 Å². The van der Waals surface area contributed by atoms with Crippen molar-refractivity contribution in [3.8, 4) is 0 Å². The second kappa shape index (κ2) is 8.06. The summed E-state index contributed by atoms with van der Waals surface area (Å²) in [6.45, 7) is 1.62. The summed E-state index contributed by atoms with van der Waals surface area (Å²) in [6, 6.07) is 10.0. The van der Waals surface area contributed by atoms with Gasteiger partial charge in [-0.05, 0) is 43.3 Å². The van der Waals surface area contributed by atoms with E-state index in [0.29, 0.717) is 23.1 Å². The van der Waals surface area contributed by atoms with Crippen molar-refractivity contribution < 1.29 is 18.8 Å². The molecule has 9 heteroatoms. The highest BCUT2D eigenvalue weighted by Crippen LogP contribution is 2.28. The average Bonchev–Trinajstić information content (AvgIpc) is 3.25. The maximum Gasteiger partial charge on any atom is 0.325 e. The lowest BCUT2D eigenvalue weighted by Crippen LogP contribution is -2.43. The molecule has 1 fully saturated rings. The van der Waals surface area contributed by atoms with E-state index in [4.69, 9.17) is 16.0 Å². The molecule has 0 bridgehead atoms. The van der Waals surface area contributed by atoms with Crippen molar-refractivity contribution in [1.82, 2.24) is 15.5 Å². The van der Waals surface area contributed by atoms with Gasteiger partial charge in [0, 0.05) is 22.2 Å². The number of benzene rings is 1. The highest BCUT2D eigenvalue weighted by molar-refractivity contribution is 7.99. The molecule has 2 heterocycles. The van der Waals surface area contributed by atoms with Gasteiger partial charge in [-0.25, -0.2) is 4.79 Å². The van der Waals surface area contributed by atoms with E-state index >= 15 is 0 Å². The molecule has 0 aliphatic carbocycles. The van der Waals surface area contributed by atoms with Crippen LogP contribution < -0.4 is 10.6 Å². The summed E-state index contributed by atoms with van der Waals surface area (Å²) in [4.78, 5) is 38.8. The first kappa shape index (κ1) is 19.3. The Hall–Kier alpha value is -2.45. The smallest absolute Gasteiger partial charge is 0.325 e. The second-order valence-corrected chi connectivity index (χ2v) is 7.68. The number of urea groups is 1. The Morgan fingerprint density at radius 1 is 1.30 bits per heavy atom. The van der Waals surface area contributed by atoms with Crippen molar-refractivity contribution in [2.75, 3.05) is 18.8 Å². The number of thioether (sulfide) groups is 1. The summed E-state index contributed by atoms with van der Waals surface area (Å²) in [6.07, 6.45) is 1.42. The Morgan fingerprint density at radius 2 is 2.04 bits per heavy atom. The van der Waals surface area contributed by atoms with Crippen LogP contribution in [-0.2, 0) is 15.1 Å². The van der Waals surface area contributed by atoms with E-state index in [1.54, 1.807) is 43.0 Å². The van der Waals surface area contributed by atoms with E-state index in [1.165, 1.54) is 6.26 Å². The Kier molecular flexibility index (Phi) is 5.76. The lowest BCUT2D eigenvalue weighted by Gasteiger charge is -2.18. The van der Waals surface area contributed by atoms with E-state index < -0.39 is 23.4 Å². The molecular weight excluding hydrogens is 390 g/mol. The second-order valence-electron chi connectivity index (χ2n) is 6.08. The highest BCUT2D eigenvalue weighted by Gasteiger charge is 2.51. The standard InChI is InChI=1S/C18H18ClN3O4S/c1-18(14-3-2-9-26-14)16(24)22(17(25)21-18)11-15(23)20-8-10-27-13-6-4-12(19)5-7-13/h2-7,9H,8,10-11H2,1H3,(H,20,23)(H,21,25)/t18-/m1/s1. The third-order valence-corrected chi connectivity index (χ3v) is 5.36. The van der Waals surface area contributed by atoms with Crippen molar-refractivity contribution in [2.45, 2.75) is 17.4 Å². The Balaban J connectivity index is 1.48. The lowest BCUT2D eigenvalue weighted by atomic mass is 9.99. The molecule has 2 aromatic rings. The Labute approximate surface area is 165 Å². The monoisotopic (exact) mass is 407 g/mol. The molecule has 142 valence electrons. The van der Waals surface area contributed by atoms with Crippen LogP contribution in [0.15, 0.2) is 52.0 Å². The number of nitrogens with zero attached hydrogens (tertiary/aromatic N) is 1. The van der Waals surface area contributed by atoms with Crippen molar-refractivity contribution in [1.29, 1.82) is 0 Å². The lowest BCUT2D eigenvalue weighted by molar-refractivity contribution is -0.135. The molecule has 1 aromatic heterocycles. The quantitative estimate of drug-likeness (QED) is 0.418. The average molecular weight is 408 g/mol. The van der Waals surface area contributed by atoms with E-state index in [0.717, 1.165) is 9.80 Å². The molecule has 3 rings (SSSR count). The summed E-state index contributed by atoms with van der Waals surface area (Å²) in [5.41, 5.74) is -1.30. The molecule has 1 aromatic carbocycles. The first-order valence-electron chi connectivity index (χ1n) is 8.23. The van der Waals surface area contributed by atoms with Crippen LogP contribution >= 0.6 is 23.4 Å². The molecule has 4 amide bonds. The third kappa shape index (κ3) is 4.28. The van der Waals surface area contributed by atoms with Gasteiger partial charge in [0.25, 0.3) is 5.91 Å². The van der Waals surface area contributed by atoms with Gasteiger partial charge in [-0.2, -0.15) is 0 Å². The van der Waals surface area contributed by atoms with Crippen LogP contribution in [0, 0.1) is 0 Å². The van der Waals surface area contributed by atoms with Gasteiger partial charge in [-0.1, -0.05) is 11.6 Å². The summed E-state index contributed by atoms with van der Waals surface area (Å²) in [5, 5.41) is 5.96. The predicted molar refractivity (Wildman–Crippen MR) is 101 cm³/mol. The molecule has 1 aliphatic heterocycles. The molecule has 0 saturated carbocycles. The van der Waals surface area contributed by atoms with E-state index in [1.807, 2.05) is 12.1 Å². The van der Waals surface area contributed by atoms with Gasteiger partial charge in [-0.3, -0.25) is 14.5 Å². The first-order valence-corrected chi connectivity index (χ1v) is 9.59. The zero-order valence-electron chi connectivity index (χ0n) is 14.5. The van der Waals surface area contributed by atoms with E-state index in [-0.39, 0.29) is 6.54 Å². The highest BCUT2D eigenvalue weighted by atomic mass is 35.5. The Morgan fingerprint density at radius 3 is 2.70 bits per heavy atom. The van der Waals surface area contributed by atoms with Crippen LogP contribution in [-0.4, -0.2) is 41.6 Å².